The van der Waals surface area contributed by atoms with Crippen molar-refractivity contribution >= 4 is 22.6 Å². The average Bonchev–Trinajstić information content (AvgIpc) is 2.20. The Balaban J connectivity index is 2.61. The first-order valence-electron chi connectivity index (χ1n) is 5.61. The van der Waals surface area contributed by atoms with Crippen molar-refractivity contribution in [3.8, 4) is 0 Å². The number of nitrogens with one attached hydrogen (secondary N) is 1. The van der Waals surface area contributed by atoms with Gasteiger partial charge in [0.1, 0.15) is 0 Å². The fourth-order valence-electron chi connectivity index (χ4n) is 1.68. The van der Waals surface area contributed by atoms with Crippen molar-refractivity contribution in [1.29, 1.82) is 0 Å². The highest BCUT2D eigenvalue weighted by molar-refractivity contribution is 14.1. The van der Waals surface area contributed by atoms with Crippen LogP contribution in [0.15, 0.2) is 24.3 Å². The molecule has 1 aromatic rings. The molecule has 0 saturated heterocycles. The molecule has 0 saturated carbocycles. The minimum Gasteiger partial charge on any atom is -0.314 e. The van der Waals surface area contributed by atoms with Crippen LogP contribution in [-0.2, 0) is 6.42 Å². The summed E-state index contributed by atoms with van der Waals surface area (Å²) in [7, 11) is 0. The SMILES string of the molecule is CCNC(Cc1ccc(I)cc1)C(C)C. The first kappa shape index (κ1) is 13.0. The van der Waals surface area contributed by atoms with E-state index in [1.54, 1.807) is 0 Å². The smallest absolute Gasteiger partial charge is 0.0130 e. The molecule has 0 aliphatic carbocycles. The summed E-state index contributed by atoms with van der Waals surface area (Å²) in [5, 5.41) is 3.54. The molecule has 84 valence electrons. The highest BCUT2D eigenvalue weighted by Gasteiger charge is 2.12. The summed E-state index contributed by atoms with van der Waals surface area (Å²) in [6.45, 7) is 7.77. The summed E-state index contributed by atoms with van der Waals surface area (Å²) < 4.78 is 1.31. The summed E-state index contributed by atoms with van der Waals surface area (Å²) in [4.78, 5) is 0. The van der Waals surface area contributed by atoms with Crippen LogP contribution in [0, 0.1) is 9.49 Å². The Kier molecular flexibility index (Phi) is 5.61. The van der Waals surface area contributed by atoms with Gasteiger partial charge < -0.3 is 5.32 Å². The highest BCUT2D eigenvalue weighted by atomic mass is 127. The van der Waals surface area contributed by atoms with Gasteiger partial charge in [-0.25, -0.2) is 0 Å². The zero-order valence-corrected chi connectivity index (χ0v) is 11.9. The maximum atomic E-state index is 3.54. The van der Waals surface area contributed by atoms with E-state index >= 15 is 0 Å². The second-order valence-corrected chi connectivity index (χ2v) is 5.48. The van der Waals surface area contributed by atoms with Crippen molar-refractivity contribution < 1.29 is 0 Å². The molecule has 1 atom stereocenters. The molecule has 1 N–H and O–H groups in total. The largest absolute Gasteiger partial charge is 0.314 e. The summed E-state index contributed by atoms with van der Waals surface area (Å²) in [5.41, 5.74) is 1.43. The van der Waals surface area contributed by atoms with Crippen LogP contribution in [0.25, 0.3) is 0 Å². The average molecular weight is 317 g/mol. The molecule has 2 heteroatoms. The van der Waals surface area contributed by atoms with Gasteiger partial charge in [0.25, 0.3) is 0 Å². The lowest BCUT2D eigenvalue weighted by molar-refractivity contribution is 0.405. The maximum absolute atomic E-state index is 3.54. The molecule has 0 aliphatic heterocycles. The standard InChI is InChI=1S/C13H20IN/c1-4-15-13(10(2)3)9-11-5-7-12(14)8-6-11/h5-8,10,13,15H,4,9H2,1-3H3. The van der Waals surface area contributed by atoms with Gasteiger partial charge in [-0.3, -0.25) is 0 Å². The zero-order valence-electron chi connectivity index (χ0n) is 9.76. The Hall–Kier alpha value is -0.0900. The van der Waals surface area contributed by atoms with Crippen molar-refractivity contribution in [2.45, 2.75) is 33.2 Å². The highest BCUT2D eigenvalue weighted by Crippen LogP contribution is 2.12. The molecule has 1 rings (SSSR count). The van der Waals surface area contributed by atoms with Crippen LogP contribution in [-0.4, -0.2) is 12.6 Å². The molecule has 0 spiro atoms. The summed E-state index contributed by atoms with van der Waals surface area (Å²) in [6, 6.07) is 9.41. The number of halogens is 1. The molecule has 0 radical (unpaired) electrons. The molecule has 0 amide bonds. The minimum atomic E-state index is 0.593. The fourth-order valence-corrected chi connectivity index (χ4v) is 2.04. The monoisotopic (exact) mass is 317 g/mol. The van der Waals surface area contributed by atoms with Gasteiger partial charge in [-0.2, -0.15) is 0 Å². The first-order chi connectivity index (χ1) is 7.13. The van der Waals surface area contributed by atoms with Gasteiger partial charge in [-0.1, -0.05) is 32.9 Å². The Morgan fingerprint density at radius 1 is 1.20 bits per heavy atom. The Morgan fingerprint density at radius 2 is 1.80 bits per heavy atom. The number of hydrogen-bond donors (Lipinski definition) is 1. The Morgan fingerprint density at radius 3 is 2.27 bits per heavy atom. The van der Waals surface area contributed by atoms with E-state index in [1.807, 2.05) is 0 Å². The first-order valence-corrected chi connectivity index (χ1v) is 6.69. The van der Waals surface area contributed by atoms with E-state index in [0.29, 0.717) is 12.0 Å². The van der Waals surface area contributed by atoms with Crippen LogP contribution in [0.2, 0.25) is 0 Å². The topological polar surface area (TPSA) is 12.0 Å². The van der Waals surface area contributed by atoms with Gasteiger partial charge >= 0.3 is 0 Å². The lowest BCUT2D eigenvalue weighted by atomic mass is 9.96. The number of likely N-dealkylation sites (N-methyl/N-ethyl adjacent to an activating group) is 1. The maximum Gasteiger partial charge on any atom is 0.0130 e. The predicted octanol–water partition coefficient (Wildman–Crippen LogP) is 3.47. The minimum absolute atomic E-state index is 0.593. The van der Waals surface area contributed by atoms with Gasteiger partial charge in [-0.15, -0.1) is 0 Å². The molecule has 0 aromatic heterocycles. The van der Waals surface area contributed by atoms with Crippen molar-refractivity contribution in [2.75, 3.05) is 6.54 Å². The number of hydrogen-bond acceptors (Lipinski definition) is 1. The lowest BCUT2D eigenvalue weighted by Gasteiger charge is -2.21. The van der Waals surface area contributed by atoms with E-state index in [0.717, 1.165) is 13.0 Å². The van der Waals surface area contributed by atoms with Crippen molar-refractivity contribution in [2.24, 2.45) is 5.92 Å². The van der Waals surface area contributed by atoms with E-state index in [-0.39, 0.29) is 0 Å². The third-order valence-electron chi connectivity index (χ3n) is 2.64. The van der Waals surface area contributed by atoms with Crippen LogP contribution >= 0.6 is 22.6 Å². The zero-order chi connectivity index (χ0) is 11.3. The van der Waals surface area contributed by atoms with Crippen LogP contribution in [0.1, 0.15) is 26.3 Å². The molecule has 15 heavy (non-hydrogen) atoms. The van der Waals surface area contributed by atoms with Gasteiger partial charge in [0.05, 0.1) is 0 Å². The van der Waals surface area contributed by atoms with Crippen LogP contribution < -0.4 is 5.32 Å². The van der Waals surface area contributed by atoms with E-state index in [2.05, 4.69) is 72.9 Å². The van der Waals surface area contributed by atoms with Crippen LogP contribution in [0.3, 0.4) is 0 Å². The Bertz CT molecular complexity index is 279. The third-order valence-corrected chi connectivity index (χ3v) is 3.36. The normalized spacial score (nSPS) is 13.1. The van der Waals surface area contributed by atoms with Gasteiger partial charge in [-0.05, 0) is 59.2 Å². The summed E-state index contributed by atoms with van der Waals surface area (Å²) in [6.07, 6.45) is 1.13. The fraction of sp³-hybridized carbons (Fsp3) is 0.538. The van der Waals surface area contributed by atoms with Gasteiger partial charge in [0.15, 0.2) is 0 Å². The lowest BCUT2D eigenvalue weighted by Crippen LogP contribution is -2.35. The molecular formula is C13H20IN. The predicted molar refractivity (Wildman–Crippen MR) is 75.2 cm³/mol. The van der Waals surface area contributed by atoms with Gasteiger partial charge in [0, 0.05) is 9.61 Å². The van der Waals surface area contributed by atoms with E-state index in [1.165, 1.54) is 9.13 Å². The van der Waals surface area contributed by atoms with E-state index in [4.69, 9.17) is 0 Å². The molecular weight excluding hydrogens is 297 g/mol. The van der Waals surface area contributed by atoms with E-state index in [9.17, 15) is 0 Å². The molecule has 1 unspecified atom stereocenters. The Labute approximate surface area is 107 Å². The third kappa shape index (κ3) is 4.51. The van der Waals surface area contributed by atoms with Crippen LogP contribution in [0.5, 0.6) is 0 Å². The summed E-state index contributed by atoms with van der Waals surface area (Å²) in [5.74, 6) is 0.684. The number of benzene rings is 1. The molecule has 0 bridgehead atoms. The van der Waals surface area contributed by atoms with Crippen molar-refractivity contribution in [1.82, 2.24) is 5.32 Å². The summed E-state index contributed by atoms with van der Waals surface area (Å²) >= 11 is 2.34. The molecule has 1 nitrogen and oxygen atoms in total. The number of rotatable bonds is 5. The quantitative estimate of drug-likeness (QED) is 0.820. The second-order valence-electron chi connectivity index (χ2n) is 4.24. The molecule has 0 aliphatic rings. The molecule has 0 heterocycles. The molecule has 1 aromatic carbocycles. The second kappa shape index (κ2) is 6.48. The molecule has 0 fully saturated rings. The van der Waals surface area contributed by atoms with Crippen molar-refractivity contribution in [3.63, 3.8) is 0 Å². The van der Waals surface area contributed by atoms with Crippen molar-refractivity contribution in [3.05, 3.63) is 33.4 Å². The van der Waals surface area contributed by atoms with Gasteiger partial charge in [0.2, 0.25) is 0 Å². The van der Waals surface area contributed by atoms with E-state index < -0.39 is 0 Å². The van der Waals surface area contributed by atoms with Crippen LogP contribution in [0.4, 0.5) is 0 Å².